The maximum absolute atomic E-state index is 12.6. The number of carbonyl (C=O) groups is 1. The normalized spacial score (nSPS) is 11.9. The van der Waals surface area contributed by atoms with E-state index in [1.807, 2.05) is 30.3 Å². The van der Waals surface area contributed by atoms with Gasteiger partial charge in [-0.3, -0.25) is 9.36 Å². The summed E-state index contributed by atoms with van der Waals surface area (Å²) in [5, 5.41) is 2.73. The summed E-state index contributed by atoms with van der Waals surface area (Å²) in [6.07, 6.45) is -0.802. The van der Waals surface area contributed by atoms with Crippen LogP contribution in [0, 0.1) is 0 Å². The Morgan fingerprint density at radius 2 is 1.62 bits per heavy atom. The molecule has 0 saturated carbocycles. The van der Waals surface area contributed by atoms with Gasteiger partial charge in [-0.05, 0) is 33.3 Å². The Hall–Kier alpha value is -1.16. The summed E-state index contributed by atoms with van der Waals surface area (Å²) in [4.78, 5) is 12.0. The third-order valence-corrected chi connectivity index (χ3v) is 4.57. The second kappa shape index (κ2) is 8.32. The minimum absolute atomic E-state index is 0.267. The maximum atomic E-state index is 12.6. The molecule has 1 aromatic rings. The Morgan fingerprint density at radius 1 is 1.10 bits per heavy atom. The maximum Gasteiger partial charge on any atom is 0.340 e. The van der Waals surface area contributed by atoms with E-state index in [0.717, 1.165) is 5.56 Å². The van der Waals surface area contributed by atoms with Crippen molar-refractivity contribution in [2.75, 3.05) is 6.16 Å². The lowest BCUT2D eigenvalue weighted by molar-refractivity contribution is -0.119. The molecule has 0 aliphatic heterocycles. The Balaban J connectivity index is 2.57. The van der Waals surface area contributed by atoms with Crippen LogP contribution in [0.1, 0.15) is 33.3 Å². The van der Waals surface area contributed by atoms with Crippen LogP contribution in [0.2, 0.25) is 0 Å². The Bertz CT molecular complexity index is 474. The van der Waals surface area contributed by atoms with Crippen LogP contribution in [-0.2, 0) is 25.0 Å². The summed E-state index contributed by atoms with van der Waals surface area (Å²) in [5.41, 5.74) is 0.982. The van der Waals surface area contributed by atoms with Crippen LogP contribution in [0.15, 0.2) is 30.3 Å². The van der Waals surface area contributed by atoms with Gasteiger partial charge in [-0.25, -0.2) is 0 Å². The third-order valence-electron chi connectivity index (χ3n) is 2.41. The zero-order valence-electron chi connectivity index (χ0n) is 13.0. The quantitative estimate of drug-likeness (QED) is 0.748. The van der Waals surface area contributed by atoms with E-state index < -0.39 is 7.60 Å². The van der Waals surface area contributed by atoms with E-state index in [1.54, 1.807) is 27.7 Å². The van der Waals surface area contributed by atoms with Gasteiger partial charge in [0.15, 0.2) is 0 Å². The van der Waals surface area contributed by atoms with Crippen LogP contribution in [0.3, 0.4) is 0 Å². The summed E-state index contributed by atoms with van der Waals surface area (Å²) < 4.78 is 23.2. The summed E-state index contributed by atoms with van der Waals surface area (Å²) >= 11 is 0. The van der Waals surface area contributed by atoms with Gasteiger partial charge in [-0.2, -0.15) is 0 Å². The molecule has 1 rings (SSSR count). The molecule has 0 aliphatic rings. The molecule has 0 heterocycles. The molecular formula is C15H24NO4P. The molecule has 0 saturated heterocycles. The number of rotatable bonds is 8. The lowest BCUT2D eigenvalue weighted by Gasteiger charge is -2.22. The van der Waals surface area contributed by atoms with Crippen LogP contribution in [-0.4, -0.2) is 24.3 Å². The molecule has 1 amide bonds. The molecule has 0 fully saturated rings. The molecule has 0 bridgehead atoms. The average Bonchev–Trinajstić information content (AvgIpc) is 2.35. The first-order chi connectivity index (χ1) is 9.81. The smallest absolute Gasteiger partial charge is 0.340 e. The third kappa shape index (κ3) is 7.42. The van der Waals surface area contributed by atoms with E-state index in [9.17, 15) is 9.36 Å². The highest BCUT2D eigenvalue weighted by molar-refractivity contribution is 7.54. The van der Waals surface area contributed by atoms with Crippen molar-refractivity contribution in [3.63, 3.8) is 0 Å². The Labute approximate surface area is 126 Å². The first kappa shape index (κ1) is 17.9. The van der Waals surface area contributed by atoms with Gasteiger partial charge in [-0.1, -0.05) is 30.3 Å². The van der Waals surface area contributed by atoms with E-state index in [2.05, 4.69) is 5.32 Å². The van der Waals surface area contributed by atoms with E-state index in [-0.39, 0.29) is 24.3 Å². The SMILES string of the molecule is CC(C)OP(=O)(CC(=O)NCc1ccccc1)OC(C)C. The molecule has 21 heavy (non-hydrogen) atoms. The van der Waals surface area contributed by atoms with Crippen molar-refractivity contribution in [3.05, 3.63) is 35.9 Å². The highest BCUT2D eigenvalue weighted by atomic mass is 31.2. The van der Waals surface area contributed by atoms with E-state index in [4.69, 9.17) is 9.05 Å². The molecule has 0 aromatic heterocycles. The molecular weight excluding hydrogens is 289 g/mol. The van der Waals surface area contributed by atoms with E-state index in [0.29, 0.717) is 6.54 Å². The lowest BCUT2D eigenvalue weighted by atomic mass is 10.2. The summed E-state index contributed by atoms with van der Waals surface area (Å²) in [5.74, 6) is -0.344. The van der Waals surface area contributed by atoms with Crippen LogP contribution in [0.25, 0.3) is 0 Å². The first-order valence-corrected chi connectivity index (χ1v) is 8.80. The van der Waals surface area contributed by atoms with Crippen molar-refractivity contribution < 1.29 is 18.4 Å². The van der Waals surface area contributed by atoms with Gasteiger partial charge in [0, 0.05) is 6.54 Å². The fourth-order valence-electron chi connectivity index (χ4n) is 1.77. The molecule has 118 valence electrons. The summed E-state index contributed by atoms with van der Waals surface area (Å²) in [7, 11) is -3.42. The molecule has 0 aliphatic carbocycles. The van der Waals surface area contributed by atoms with Crippen LogP contribution >= 0.6 is 7.60 Å². The van der Waals surface area contributed by atoms with Crippen LogP contribution in [0.5, 0.6) is 0 Å². The molecule has 6 heteroatoms. The summed E-state index contributed by atoms with van der Waals surface area (Å²) in [6.45, 7) is 7.44. The standard InChI is InChI=1S/C15H24NO4P/c1-12(2)19-21(18,20-13(3)4)11-15(17)16-10-14-8-6-5-7-9-14/h5-9,12-13H,10-11H2,1-4H3,(H,16,17). The minimum Gasteiger partial charge on any atom is -0.351 e. The van der Waals surface area contributed by atoms with E-state index in [1.165, 1.54) is 0 Å². The van der Waals surface area contributed by atoms with Crippen molar-refractivity contribution in [2.45, 2.75) is 46.4 Å². The first-order valence-electron chi connectivity index (χ1n) is 7.07. The average molecular weight is 313 g/mol. The number of amides is 1. The second-order valence-electron chi connectivity index (χ2n) is 5.34. The zero-order valence-corrected chi connectivity index (χ0v) is 13.9. The molecule has 0 unspecified atom stereocenters. The van der Waals surface area contributed by atoms with Gasteiger partial charge in [0.2, 0.25) is 5.91 Å². The fourth-order valence-corrected chi connectivity index (χ4v) is 3.72. The Kier molecular flexibility index (Phi) is 7.09. The topological polar surface area (TPSA) is 64.6 Å². The largest absolute Gasteiger partial charge is 0.351 e. The zero-order chi connectivity index (χ0) is 15.9. The molecule has 0 spiro atoms. The lowest BCUT2D eigenvalue weighted by Crippen LogP contribution is -2.27. The van der Waals surface area contributed by atoms with Gasteiger partial charge in [0.25, 0.3) is 0 Å². The van der Waals surface area contributed by atoms with Crippen molar-refractivity contribution in [2.24, 2.45) is 0 Å². The number of carbonyl (C=O) groups excluding carboxylic acids is 1. The van der Waals surface area contributed by atoms with Gasteiger partial charge < -0.3 is 14.4 Å². The number of benzene rings is 1. The minimum atomic E-state index is -3.42. The molecule has 0 atom stereocenters. The Morgan fingerprint density at radius 3 is 2.10 bits per heavy atom. The van der Waals surface area contributed by atoms with E-state index >= 15 is 0 Å². The molecule has 1 aromatic carbocycles. The second-order valence-corrected chi connectivity index (χ2v) is 7.30. The van der Waals surface area contributed by atoms with Crippen molar-refractivity contribution >= 4 is 13.5 Å². The van der Waals surface area contributed by atoms with Gasteiger partial charge in [0.1, 0.15) is 6.16 Å². The summed E-state index contributed by atoms with van der Waals surface area (Å²) in [6, 6.07) is 9.53. The van der Waals surface area contributed by atoms with Crippen LogP contribution in [0.4, 0.5) is 0 Å². The van der Waals surface area contributed by atoms with Crippen molar-refractivity contribution in [1.29, 1.82) is 0 Å². The number of hydrogen-bond donors (Lipinski definition) is 1. The number of nitrogens with one attached hydrogen (secondary N) is 1. The van der Waals surface area contributed by atoms with Crippen LogP contribution < -0.4 is 5.32 Å². The molecule has 1 N–H and O–H groups in total. The monoisotopic (exact) mass is 313 g/mol. The fraction of sp³-hybridized carbons (Fsp3) is 0.533. The van der Waals surface area contributed by atoms with Gasteiger partial charge >= 0.3 is 7.60 Å². The highest BCUT2D eigenvalue weighted by Crippen LogP contribution is 2.50. The number of hydrogen-bond acceptors (Lipinski definition) is 4. The van der Waals surface area contributed by atoms with Crippen molar-refractivity contribution in [1.82, 2.24) is 5.32 Å². The van der Waals surface area contributed by atoms with Crippen molar-refractivity contribution in [3.8, 4) is 0 Å². The van der Waals surface area contributed by atoms with Gasteiger partial charge in [0.05, 0.1) is 12.2 Å². The predicted molar refractivity (Wildman–Crippen MR) is 83.2 cm³/mol. The molecule has 0 radical (unpaired) electrons. The highest BCUT2D eigenvalue weighted by Gasteiger charge is 2.30. The molecule has 5 nitrogen and oxygen atoms in total. The van der Waals surface area contributed by atoms with Gasteiger partial charge in [-0.15, -0.1) is 0 Å². The predicted octanol–water partition coefficient (Wildman–Crippen LogP) is 3.35.